The Morgan fingerprint density at radius 2 is 1.96 bits per heavy atom. The lowest BCUT2D eigenvalue weighted by Crippen LogP contribution is -1.98. The summed E-state index contributed by atoms with van der Waals surface area (Å²) in [5.74, 6) is -0.329. The van der Waals surface area contributed by atoms with Gasteiger partial charge < -0.3 is 9.73 Å². The zero-order valence-electron chi connectivity index (χ0n) is 12.0. The smallest absolute Gasteiger partial charge is 0.296 e. The number of halogens is 1. The SMILES string of the molecule is Fc1ccc2oc(NCc3nc(-c4ccccc4)cs3)nc2c1. The topological polar surface area (TPSA) is 51.0 Å². The maximum absolute atomic E-state index is 13.2. The molecule has 0 aliphatic heterocycles. The number of hydrogen-bond donors (Lipinski definition) is 1. The van der Waals surface area contributed by atoms with E-state index in [1.54, 1.807) is 17.4 Å². The fourth-order valence-corrected chi connectivity index (χ4v) is 3.00. The number of fused-ring (bicyclic) bond motifs is 1. The summed E-state index contributed by atoms with van der Waals surface area (Å²) < 4.78 is 18.7. The van der Waals surface area contributed by atoms with E-state index < -0.39 is 0 Å². The van der Waals surface area contributed by atoms with Gasteiger partial charge in [-0.25, -0.2) is 9.37 Å². The summed E-state index contributed by atoms with van der Waals surface area (Å²) in [5.41, 5.74) is 3.09. The fourth-order valence-electron chi connectivity index (χ4n) is 2.26. The highest BCUT2D eigenvalue weighted by molar-refractivity contribution is 7.09. The van der Waals surface area contributed by atoms with Crippen LogP contribution in [0.5, 0.6) is 0 Å². The molecule has 4 rings (SSSR count). The fraction of sp³-hybridized carbons (Fsp3) is 0.0588. The lowest BCUT2D eigenvalue weighted by atomic mass is 10.2. The van der Waals surface area contributed by atoms with E-state index in [0.717, 1.165) is 16.3 Å². The third kappa shape index (κ3) is 2.93. The van der Waals surface area contributed by atoms with E-state index in [0.29, 0.717) is 23.7 Å². The minimum atomic E-state index is -0.329. The van der Waals surface area contributed by atoms with Crippen molar-refractivity contribution in [3.8, 4) is 11.3 Å². The van der Waals surface area contributed by atoms with Crippen LogP contribution in [0.15, 0.2) is 58.3 Å². The van der Waals surface area contributed by atoms with Crippen molar-refractivity contribution in [2.45, 2.75) is 6.54 Å². The van der Waals surface area contributed by atoms with E-state index in [9.17, 15) is 4.39 Å². The monoisotopic (exact) mass is 325 g/mol. The second-order valence-electron chi connectivity index (χ2n) is 4.98. The Labute approximate surface area is 135 Å². The van der Waals surface area contributed by atoms with E-state index in [1.807, 2.05) is 35.7 Å². The standard InChI is InChI=1S/C17H12FN3OS/c18-12-6-7-15-13(8-12)21-17(22-15)19-9-16-20-14(10-23-16)11-4-2-1-3-5-11/h1-8,10H,9H2,(H,19,21). The Kier molecular flexibility index (Phi) is 3.51. The largest absolute Gasteiger partial charge is 0.424 e. The molecule has 4 aromatic rings. The van der Waals surface area contributed by atoms with Gasteiger partial charge >= 0.3 is 0 Å². The van der Waals surface area contributed by atoms with Crippen LogP contribution in [0.3, 0.4) is 0 Å². The summed E-state index contributed by atoms with van der Waals surface area (Å²) in [4.78, 5) is 8.80. The van der Waals surface area contributed by atoms with Gasteiger partial charge in [-0.05, 0) is 12.1 Å². The molecule has 0 aliphatic carbocycles. The minimum Gasteiger partial charge on any atom is -0.424 e. The van der Waals surface area contributed by atoms with Crippen LogP contribution in [0.25, 0.3) is 22.4 Å². The Hall–Kier alpha value is -2.73. The third-order valence-electron chi connectivity index (χ3n) is 3.36. The first-order valence-electron chi connectivity index (χ1n) is 7.08. The number of rotatable bonds is 4. The van der Waals surface area contributed by atoms with Crippen LogP contribution >= 0.6 is 11.3 Å². The number of nitrogens with zero attached hydrogens (tertiary/aromatic N) is 2. The first-order chi connectivity index (χ1) is 11.3. The first-order valence-corrected chi connectivity index (χ1v) is 7.96. The third-order valence-corrected chi connectivity index (χ3v) is 4.21. The van der Waals surface area contributed by atoms with Gasteiger partial charge in [0.2, 0.25) is 0 Å². The molecule has 114 valence electrons. The molecule has 0 radical (unpaired) electrons. The van der Waals surface area contributed by atoms with Crippen LogP contribution in [-0.4, -0.2) is 9.97 Å². The average molecular weight is 325 g/mol. The van der Waals surface area contributed by atoms with Crippen LogP contribution in [0.2, 0.25) is 0 Å². The van der Waals surface area contributed by atoms with Gasteiger partial charge in [0.25, 0.3) is 6.01 Å². The molecule has 0 bridgehead atoms. The van der Waals surface area contributed by atoms with Crippen molar-refractivity contribution < 1.29 is 8.81 Å². The number of thiazole rings is 1. The predicted molar refractivity (Wildman–Crippen MR) is 88.8 cm³/mol. The molecule has 0 saturated heterocycles. The van der Waals surface area contributed by atoms with E-state index in [-0.39, 0.29) is 5.82 Å². The Balaban J connectivity index is 1.49. The molecular formula is C17H12FN3OS. The van der Waals surface area contributed by atoms with Crippen LogP contribution in [-0.2, 0) is 6.54 Å². The van der Waals surface area contributed by atoms with Crippen molar-refractivity contribution in [2.24, 2.45) is 0 Å². The molecule has 0 fully saturated rings. The molecule has 0 aliphatic rings. The van der Waals surface area contributed by atoms with E-state index >= 15 is 0 Å². The molecule has 6 heteroatoms. The van der Waals surface area contributed by atoms with Crippen LogP contribution in [0.1, 0.15) is 5.01 Å². The van der Waals surface area contributed by atoms with E-state index in [2.05, 4.69) is 15.3 Å². The second kappa shape index (κ2) is 5.81. The van der Waals surface area contributed by atoms with Crippen molar-refractivity contribution in [2.75, 3.05) is 5.32 Å². The van der Waals surface area contributed by atoms with Gasteiger partial charge in [-0.15, -0.1) is 11.3 Å². The molecule has 0 spiro atoms. The highest BCUT2D eigenvalue weighted by atomic mass is 32.1. The van der Waals surface area contributed by atoms with Crippen molar-refractivity contribution in [1.82, 2.24) is 9.97 Å². The summed E-state index contributed by atoms with van der Waals surface area (Å²) in [6.45, 7) is 0.507. The Bertz CT molecular complexity index is 949. The molecule has 0 unspecified atom stereocenters. The highest BCUT2D eigenvalue weighted by Gasteiger charge is 2.08. The second-order valence-corrected chi connectivity index (χ2v) is 5.92. The summed E-state index contributed by atoms with van der Waals surface area (Å²) in [6, 6.07) is 14.7. The van der Waals surface area contributed by atoms with Crippen LogP contribution in [0, 0.1) is 5.82 Å². The molecule has 2 aromatic heterocycles. The van der Waals surface area contributed by atoms with Crippen molar-refractivity contribution in [1.29, 1.82) is 0 Å². The summed E-state index contributed by atoms with van der Waals surface area (Å²) in [6.07, 6.45) is 0. The molecule has 2 aromatic carbocycles. The number of nitrogens with one attached hydrogen (secondary N) is 1. The number of benzene rings is 2. The van der Waals surface area contributed by atoms with Gasteiger partial charge in [-0.3, -0.25) is 0 Å². The van der Waals surface area contributed by atoms with Crippen molar-refractivity contribution in [3.05, 3.63) is 64.7 Å². The normalized spacial score (nSPS) is 11.0. The average Bonchev–Trinajstić information content (AvgIpc) is 3.20. The minimum absolute atomic E-state index is 0.329. The van der Waals surface area contributed by atoms with Gasteiger partial charge in [-0.2, -0.15) is 4.98 Å². The maximum atomic E-state index is 13.2. The van der Waals surface area contributed by atoms with E-state index in [1.165, 1.54) is 12.1 Å². The molecule has 1 N–H and O–H groups in total. The highest BCUT2D eigenvalue weighted by Crippen LogP contribution is 2.23. The Morgan fingerprint density at radius 1 is 1.09 bits per heavy atom. The van der Waals surface area contributed by atoms with Crippen LogP contribution in [0.4, 0.5) is 10.4 Å². The van der Waals surface area contributed by atoms with Crippen molar-refractivity contribution >= 4 is 28.5 Å². The summed E-state index contributed by atoms with van der Waals surface area (Å²) in [7, 11) is 0. The zero-order chi connectivity index (χ0) is 15.6. The first kappa shape index (κ1) is 13.9. The lowest BCUT2D eigenvalue weighted by molar-refractivity contribution is 0.610. The molecule has 0 saturated carbocycles. The molecule has 0 atom stereocenters. The number of anilines is 1. The van der Waals surface area contributed by atoms with Gasteiger partial charge in [0.15, 0.2) is 5.58 Å². The predicted octanol–water partition coefficient (Wildman–Crippen LogP) is 4.70. The number of oxazole rings is 1. The van der Waals surface area contributed by atoms with Gasteiger partial charge in [0.1, 0.15) is 16.3 Å². The molecular weight excluding hydrogens is 313 g/mol. The van der Waals surface area contributed by atoms with E-state index in [4.69, 9.17) is 4.42 Å². The summed E-state index contributed by atoms with van der Waals surface area (Å²) >= 11 is 1.57. The van der Waals surface area contributed by atoms with Crippen LogP contribution < -0.4 is 5.32 Å². The quantitative estimate of drug-likeness (QED) is 0.591. The maximum Gasteiger partial charge on any atom is 0.296 e. The number of hydrogen-bond acceptors (Lipinski definition) is 5. The Morgan fingerprint density at radius 3 is 2.83 bits per heavy atom. The molecule has 23 heavy (non-hydrogen) atoms. The summed E-state index contributed by atoms with van der Waals surface area (Å²) in [5, 5.41) is 6.03. The van der Waals surface area contributed by atoms with Crippen molar-refractivity contribution in [3.63, 3.8) is 0 Å². The molecule has 4 nitrogen and oxygen atoms in total. The van der Waals surface area contributed by atoms with Gasteiger partial charge in [0, 0.05) is 17.0 Å². The van der Waals surface area contributed by atoms with Gasteiger partial charge in [0.05, 0.1) is 12.2 Å². The number of aromatic nitrogens is 2. The molecule has 2 heterocycles. The zero-order valence-corrected chi connectivity index (χ0v) is 12.8. The lowest BCUT2D eigenvalue weighted by Gasteiger charge is -1.97. The van der Waals surface area contributed by atoms with Gasteiger partial charge in [-0.1, -0.05) is 30.3 Å². The molecule has 0 amide bonds.